The van der Waals surface area contributed by atoms with Crippen LogP contribution in [0.5, 0.6) is 0 Å². The summed E-state index contributed by atoms with van der Waals surface area (Å²) in [5.74, 6) is -0.832. The third-order valence-corrected chi connectivity index (χ3v) is 12.9. The SMILES string of the molecule is COC(=O)/C=C/[C@H](CCO[Si](c1ccccc1)(c1ccccc1)C(C)(C)C)[C@@H]1COC2(CCCCC2)O1. The molecule has 2 atom stereocenters. The van der Waals surface area contributed by atoms with E-state index >= 15 is 0 Å². The molecule has 0 aromatic heterocycles. The second-order valence-electron chi connectivity index (χ2n) is 11.3. The zero-order valence-electron chi connectivity index (χ0n) is 22.8. The maximum absolute atomic E-state index is 12.0. The van der Waals surface area contributed by atoms with E-state index in [1.54, 1.807) is 0 Å². The third kappa shape index (κ3) is 6.25. The van der Waals surface area contributed by atoms with Crippen LogP contribution in [-0.4, -0.2) is 46.5 Å². The van der Waals surface area contributed by atoms with Gasteiger partial charge in [0.05, 0.1) is 19.8 Å². The number of benzene rings is 2. The standard InChI is InChI=1S/C31H42O5Si/c1-30(2,3)37(26-14-8-5-9-15-26,27-16-10-6-11-17-27)35-23-20-25(18-19-29(32)33-4)28-24-34-31(36-28)21-12-7-13-22-31/h5-6,8-11,14-19,25,28H,7,12-13,20-24H2,1-4H3/b19-18+/t25-,28+/m1/s1. The number of hydrogen-bond acceptors (Lipinski definition) is 5. The summed E-state index contributed by atoms with van der Waals surface area (Å²) in [5, 5.41) is 2.43. The Hall–Kier alpha value is -2.25. The normalized spacial score (nSPS) is 20.8. The van der Waals surface area contributed by atoms with E-state index in [4.69, 9.17) is 18.6 Å². The topological polar surface area (TPSA) is 54.0 Å². The molecule has 4 rings (SSSR count). The molecule has 1 aliphatic heterocycles. The summed E-state index contributed by atoms with van der Waals surface area (Å²) in [6, 6.07) is 21.4. The summed E-state index contributed by atoms with van der Waals surface area (Å²) in [6.45, 7) is 7.95. The lowest BCUT2D eigenvalue weighted by molar-refractivity contribution is -0.190. The van der Waals surface area contributed by atoms with Gasteiger partial charge in [-0.1, -0.05) is 93.9 Å². The second-order valence-corrected chi connectivity index (χ2v) is 15.6. The Morgan fingerprint density at radius 3 is 2.16 bits per heavy atom. The van der Waals surface area contributed by atoms with Crippen LogP contribution in [0.1, 0.15) is 59.3 Å². The molecule has 0 amide bonds. The van der Waals surface area contributed by atoms with Crippen LogP contribution < -0.4 is 10.4 Å². The zero-order chi connectivity index (χ0) is 26.4. The Morgan fingerprint density at radius 2 is 1.62 bits per heavy atom. The van der Waals surface area contributed by atoms with Crippen molar-refractivity contribution in [2.45, 2.75) is 76.2 Å². The highest BCUT2D eigenvalue weighted by Crippen LogP contribution is 2.41. The fourth-order valence-corrected chi connectivity index (χ4v) is 10.5. The van der Waals surface area contributed by atoms with Crippen LogP contribution in [0.15, 0.2) is 72.8 Å². The highest BCUT2D eigenvalue weighted by atomic mass is 28.4. The lowest BCUT2D eigenvalue weighted by atomic mass is 9.94. The lowest BCUT2D eigenvalue weighted by Crippen LogP contribution is -2.66. The van der Waals surface area contributed by atoms with Crippen molar-refractivity contribution >= 4 is 24.7 Å². The number of carbonyl (C=O) groups excluding carboxylic acids is 1. The molecule has 2 fully saturated rings. The Balaban J connectivity index is 1.58. The molecule has 0 bridgehead atoms. The van der Waals surface area contributed by atoms with Crippen molar-refractivity contribution in [2.75, 3.05) is 20.3 Å². The largest absolute Gasteiger partial charge is 0.466 e. The third-order valence-electron chi connectivity index (χ3n) is 7.84. The van der Waals surface area contributed by atoms with Gasteiger partial charge in [-0.3, -0.25) is 0 Å². The van der Waals surface area contributed by atoms with Gasteiger partial charge in [0.1, 0.15) is 0 Å². The maximum atomic E-state index is 12.0. The Labute approximate surface area is 223 Å². The van der Waals surface area contributed by atoms with Crippen molar-refractivity contribution in [1.82, 2.24) is 0 Å². The predicted octanol–water partition coefficient (Wildman–Crippen LogP) is 5.37. The minimum atomic E-state index is -2.63. The van der Waals surface area contributed by atoms with Gasteiger partial charge in [0.25, 0.3) is 8.32 Å². The Kier molecular flexibility index (Phi) is 9.06. The van der Waals surface area contributed by atoms with E-state index in [1.165, 1.54) is 30.0 Å². The number of rotatable bonds is 9. The second kappa shape index (κ2) is 12.1. The highest BCUT2D eigenvalue weighted by Gasteiger charge is 2.50. The molecular formula is C31H42O5Si. The van der Waals surface area contributed by atoms with E-state index in [-0.39, 0.29) is 23.0 Å². The molecule has 6 heteroatoms. The molecule has 37 heavy (non-hydrogen) atoms. The molecule has 2 aliphatic rings. The van der Waals surface area contributed by atoms with E-state index < -0.39 is 14.1 Å². The van der Waals surface area contributed by atoms with E-state index in [9.17, 15) is 4.79 Å². The van der Waals surface area contributed by atoms with E-state index in [0.29, 0.717) is 13.2 Å². The Morgan fingerprint density at radius 1 is 1.03 bits per heavy atom. The van der Waals surface area contributed by atoms with Gasteiger partial charge >= 0.3 is 5.97 Å². The first-order chi connectivity index (χ1) is 17.8. The van der Waals surface area contributed by atoms with Gasteiger partial charge in [-0.2, -0.15) is 0 Å². The van der Waals surface area contributed by atoms with Crippen LogP contribution in [0, 0.1) is 5.92 Å². The van der Waals surface area contributed by atoms with E-state index in [2.05, 4.69) is 81.4 Å². The molecule has 2 aromatic carbocycles. The zero-order valence-corrected chi connectivity index (χ0v) is 23.8. The van der Waals surface area contributed by atoms with Crippen molar-refractivity contribution in [3.05, 3.63) is 72.8 Å². The highest BCUT2D eigenvalue weighted by molar-refractivity contribution is 6.99. The first-order valence-corrected chi connectivity index (χ1v) is 15.5. The van der Waals surface area contributed by atoms with Crippen LogP contribution in [0.3, 0.4) is 0 Å². The van der Waals surface area contributed by atoms with Crippen LogP contribution in [-0.2, 0) is 23.4 Å². The molecule has 0 N–H and O–H groups in total. The van der Waals surface area contributed by atoms with Gasteiger partial charge < -0.3 is 18.6 Å². The van der Waals surface area contributed by atoms with Crippen LogP contribution >= 0.6 is 0 Å². The number of ether oxygens (including phenoxy) is 3. The summed E-state index contributed by atoms with van der Waals surface area (Å²) in [4.78, 5) is 12.0. The van der Waals surface area contributed by atoms with Gasteiger partial charge in [0.15, 0.2) is 5.79 Å². The van der Waals surface area contributed by atoms with E-state index in [0.717, 1.165) is 32.1 Å². The first-order valence-electron chi connectivity index (χ1n) is 13.6. The number of hydrogen-bond donors (Lipinski definition) is 0. The molecule has 1 saturated heterocycles. The lowest BCUT2D eigenvalue weighted by Gasteiger charge is -2.43. The monoisotopic (exact) mass is 522 g/mol. The molecule has 200 valence electrons. The molecule has 0 unspecified atom stereocenters. The average molecular weight is 523 g/mol. The number of carbonyl (C=O) groups is 1. The molecule has 1 aliphatic carbocycles. The summed E-state index contributed by atoms with van der Waals surface area (Å²) >= 11 is 0. The minimum absolute atomic E-state index is 0.0152. The van der Waals surface area contributed by atoms with Crippen molar-refractivity contribution < 1.29 is 23.4 Å². The number of esters is 1. The van der Waals surface area contributed by atoms with Gasteiger partial charge in [0, 0.05) is 31.4 Å². The van der Waals surface area contributed by atoms with Crippen molar-refractivity contribution in [1.29, 1.82) is 0 Å². The number of methoxy groups -OCH3 is 1. The molecule has 1 heterocycles. The van der Waals surface area contributed by atoms with Crippen LogP contribution in [0.25, 0.3) is 0 Å². The van der Waals surface area contributed by atoms with Crippen molar-refractivity contribution in [2.24, 2.45) is 5.92 Å². The van der Waals surface area contributed by atoms with Crippen LogP contribution in [0.2, 0.25) is 5.04 Å². The minimum Gasteiger partial charge on any atom is -0.466 e. The molecular weight excluding hydrogens is 480 g/mol. The first kappa shape index (κ1) is 27.8. The van der Waals surface area contributed by atoms with Gasteiger partial charge in [0.2, 0.25) is 0 Å². The molecule has 1 saturated carbocycles. The summed E-state index contributed by atoms with van der Waals surface area (Å²) in [6.07, 6.45) is 9.43. The van der Waals surface area contributed by atoms with E-state index in [1.807, 2.05) is 6.08 Å². The maximum Gasteiger partial charge on any atom is 0.330 e. The fraction of sp³-hybridized carbons (Fsp3) is 0.516. The predicted molar refractivity (Wildman–Crippen MR) is 149 cm³/mol. The summed E-state index contributed by atoms with van der Waals surface area (Å²) < 4.78 is 24.8. The summed E-state index contributed by atoms with van der Waals surface area (Å²) in [7, 11) is -1.23. The molecule has 1 spiro atoms. The molecule has 5 nitrogen and oxygen atoms in total. The van der Waals surface area contributed by atoms with Gasteiger partial charge in [-0.05, 0) is 34.7 Å². The van der Waals surface area contributed by atoms with Gasteiger partial charge in [-0.25, -0.2) is 4.79 Å². The average Bonchev–Trinajstić information content (AvgIpc) is 3.31. The quantitative estimate of drug-likeness (QED) is 0.252. The molecule has 2 aromatic rings. The van der Waals surface area contributed by atoms with Crippen LogP contribution in [0.4, 0.5) is 0 Å². The van der Waals surface area contributed by atoms with Crippen molar-refractivity contribution in [3.8, 4) is 0 Å². The fourth-order valence-electron chi connectivity index (χ4n) is 5.93. The molecule has 0 radical (unpaired) electrons. The van der Waals surface area contributed by atoms with Crippen molar-refractivity contribution in [3.63, 3.8) is 0 Å². The summed E-state index contributed by atoms with van der Waals surface area (Å²) in [5.41, 5.74) is 0. The smallest absolute Gasteiger partial charge is 0.330 e. The Bertz CT molecular complexity index is 985. The van der Waals surface area contributed by atoms with Gasteiger partial charge in [-0.15, -0.1) is 0 Å².